The Bertz CT molecular complexity index is 1120. The van der Waals surface area contributed by atoms with Crippen molar-refractivity contribution in [2.24, 2.45) is 25.9 Å². The Labute approximate surface area is 180 Å². The number of amides is 1. The number of aromatic nitrogens is 2. The maximum Gasteiger partial charge on any atom is 0.316 e. The van der Waals surface area contributed by atoms with Crippen molar-refractivity contribution in [2.75, 3.05) is 29.9 Å². The summed E-state index contributed by atoms with van der Waals surface area (Å²) in [5, 5.41) is 2.96. The van der Waals surface area contributed by atoms with Crippen LogP contribution in [0.25, 0.3) is 11.0 Å². The Kier molecular flexibility index (Phi) is 6.52. The molecule has 1 N–H and O–H groups in total. The van der Waals surface area contributed by atoms with E-state index < -0.39 is 11.1 Å². The van der Waals surface area contributed by atoms with Crippen molar-refractivity contribution in [2.45, 2.75) is 33.6 Å². The summed E-state index contributed by atoms with van der Waals surface area (Å²) >= 11 is 0. The smallest absolute Gasteiger partial charge is 0.316 e. The van der Waals surface area contributed by atoms with Crippen molar-refractivity contribution in [3.8, 4) is 0 Å². The molecule has 0 spiro atoms. The van der Waals surface area contributed by atoms with Crippen molar-refractivity contribution < 1.29 is 14.3 Å². The van der Waals surface area contributed by atoms with Crippen molar-refractivity contribution in [3.05, 3.63) is 32.8 Å². The van der Waals surface area contributed by atoms with Gasteiger partial charge < -0.3 is 24.1 Å². The molecule has 0 bridgehead atoms. The Morgan fingerprint density at radius 2 is 1.61 bits per heavy atom. The number of ether oxygens (including phenoxy) is 1. The van der Waals surface area contributed by atoms with Gasteiger partial charge in [0.25, 0.3) is 0 Å². The number of rotatable bonds is 5. The molecule has 0 aliphatic carbocycles. The standard InChI is InChI=1S/C22H30N4O5/c1-6-31-22(30)14-7-9-26(10-8-14)16-12-18-17(11-15(16)23-19(27)13(2)3)24(4)20(28)21(29)25(18)5/h11-14H,6-10H2,1-5H3,(H,23,27). The number of nitrogens with zero attached hydrogens (tertiary/aromatic N) is 3. The van der Waals surface area contributed by atoms with Crippen LogP contribution in [-0.2, 0) is 28.4 Å². The molecule has 168 valence electrons. The first-order valence-corrected chi connectivity index (χ1v) is 10.6. The third-order valence-electron chi connectivity index (χ3n) is 5.85. The fourth-order valence-electron chi connectivity index (χ4n) is 3.86. The zero-order valence-electron chi connectivity index (χ0n) is 18.7. The maximum atomic E-state index is 12.5. The molecule has 9 nitrogen and oxygen atoms in total. The van der Waals surface area contributed by atoms with E-state index >= 15 is 0 Å². The largest absolute Gasteiger partial charge is 0.466 e. The normalized spacial score (nSPS) is 14.8. The van der Waals surface area contributed by atoms with Gasteiger partial charge in [-0.25, -0.2) is 0 Å². The molecule has 1 saturated heterocycles. The molecule has 1 amide bonds. The topological polar surface area (TPSA) is 103 Å². The van der Waals surface area contributed by atoms with E-state index in [-0.39, 0.29) is 23.7 Å². The van der Waals surface area contributed by atoms with Crippen LogP contribution in [0.3, 0.4) is 0 Å². The highest BCUT2D eigenvalue weighted by molar-refractivity contribution is 5.99. The lowest BCUT2D eigenvalue weighted by Crippen LogP contribution is -2.40. The molecule has 9 heteroatoms. The van der Waals surface area contributed by atoms with E-state index in [0.717, 1.165) is 5.69 Å². The first kappa shape index (κ1) is 22.6. The van der Waals surface area contributed by atoms with E-state index in [1.54, 1.807) is 40.9 Å². The van der Waals surface area contributed by atoms with Crippen LogP contribution in [0.4, 0.5) is 11.4 Å². The second-order valence-corrected chi connectivity index (χ2v) is 8.24. The molecule has 0 saturated carbocycles. The van der Waals surface area contributed by atoms with Gasteiger partial charge in [-0.15, -0.1) is 0 Å². The summed E-state index contributed by atoms with van der Waals surface area (Å²) < 4.78 is 7.79. The fourth-order valence-corrected chi connectivity index (χ4v) is 3.86. The van der Waals surface area contributed by atoms with Gasteiger partial charge in [-0.3, -0.25) is 19.2 Å². The van der Waals surface area contributed by atoms with Crippen LogP contribution < -0.4 is 21.3 Å². The summed E-state index contributed by atoms with van der Waals surface area (Å²) in [6.45, 7) is 6.99. The molecular weight excluding hydrogens is 400 g/mol. The maximum absolute atomic E-state index is 12.5. The van der Waals surface area contributed by atoms with Crippen LogP contribution in [0, 0.1) is 11.8 Å². The van der Waals surface area contributed by atoms with Gasteiger partial charge in [-0.05, 0) is 31.9 Å². The van der Waals surface area contributed by atoms with Crippen molar-refractivity contribution in [3.63, 3.8) is 0 Å². The lowest BCUT2D eigenvalue weighted by Gasteiger charge is -2.34. The summed E-state index contributed by atoms with van der Waals surface area (Å²) in [7, 11) is 3.11. The summed E-state index contributed by atoms with van der Waals surface area (Å²) in [6, 6.07) is 3.57. The zero-order chi connectivity index (χ0) is 22.9. The van der Waals surface area contributed by atoms with Gasteiger partial charge in [0, 0.05) is 33.1 Å². The molecule has 1 fully saturated rings. The Morgan fingerprint density at radius 1 is 1.06 bits per heavy atom. The van der Waals surface area contributed by atoms with Gasteiger partial charge in [0.2, 0.25) is 5.91 Å². The highest BCUT2D eigenvalue weighted by Crippen LogP contribution is 2.34. The van der Waals surface area contributed by atoms with Gasteiger partial charge in [0.05, 0.1) is 34.9 Å². The molecule has 0 atom stereocenters. The minimum Gasteiger partial charge on any atom is -0.466 e. The summed E-state index contributed by atoms with van der Waals surface area (Å²) in [4.78, 5) is 51.2. The van der Waals surface area contributed by atoms with E-state index in [0.29, 0.717) is 49.3 Å². The number of esters is 1. The number of fused-ring (bicyclic) bond motifs is 1. The van der Waals surface area contributed by atoms with Gasteiger partial charge in [0.1, 0.15) is 0 Å². The van der Waals surface area contributed by atoms with Gasteiger partial charge in [-0.1, -0.05) is 13.8 Å². The lowest BCUT2D eigenvalue weighted by atomic mass is 9.96. The van der Waals surface area contributed by atoms with Gasteiger partial charge in [0.15, 0.2) is 0 Å². The number of anilines is 2. The first-order valence-electron chi connectivity index (χ1n) is 10.6. The Morgan fingerprint density at radius 3 is 2.13 bits per heavy atom. The van der Waals surface area contributed by atoms with Gasteiger partial charge in [-0.2, -0.15) is 0 Å². The third kappa shape index (κ3) is 4.35. The molecular formula is C22H30N4O5. The number of hydrogen-bond acceptors (Lipinski definition) is 6. The zero-order valence-corrected chi connectivity index (χ0v) is 18.7. The predicted octanol–water partition coefficient (Wildman–Crippen LogP) is 1.61. The Hall–Kier alpha value is -3.10. The molecule has 31 heavy (non-hydrogen) atoms. The molecule has 1 aliphatic rings. The molecule has 1 aromatic carbocycles. The summed E-state index contributed by atoms with van der Waals surface area (Å²) in [5.74, 6) is -0.680. The predicted molar refractivity (Wildman–Crippen MR) is 119 cm³/mol. The highest BCUT2D eigenvalue weighted by atomic mass is 16.5. The van der Waals surface area contributed by atoms with E-state index in [9.17, 15) is 19.2 Å². The van der Waals surface area contributed by atoms with Crippen LogP contribution in [-0.4, -0.2) is 40.7 Å². The quantitative estimate of drug-likeness (QED) is 0.571. The SMILES string of the molecule is CCOC(=O)C1CCN(c2cc3c(cc2NC(=O)C(C)C)n(C)c(=O)c(=O)n3C)CC1. The van der Waals surface area contributed by atoms with Gasteiger partial charge >= 0.3 is 17.1 Å². The van der Waals surface area contributed by atoms with Crippen LogP contribution in [0.1, 0.15) is 33.6 Å². The lowest BCUT2D eigenvalue weighted by molar-refractivity contribution is -0.148. The summed E-state index contributed by atoms with van der Waals surface area (Å²) in [5.41, 5.74) is 1.25. The average Bonchev–Trinajstić information content (AvgIpc) is 2.76. The second kappa shape index (κ2) is 8.95. The van der Waals surface area contributed by atoms with Crippen molar-refractivity contribution >= 4 is 34.3 Å². The minimum atomic E-state index is -0.626. The molecule has 0 unspecified atom stereocenters. The number of carbonyl (C=O) groups excluding carboxylic acids is 2. The molecule has 1 aliphatic heterocycles. The number of hydrogen-bond donors (Lipinski definition) is 1. The fraction of sp³-hybridized carbons (Fsp3) is 0.545. The van der Waals surface area contributed by atoms with E-state index in [1.165, 1.54) is 9.13 Å². The first-order chi connectivity index (χ1) is 14.6. The molecule has 1 aromatic heterocycles. The van der Waals surface area contributed by atoms with E-state index in [2.05, 4.69) is 10.2 Å². The molecule has 0 radical (unpaired) electrons. The molecule has 2 aromatic rings. The van der Waals surface area contributed by atoms with Crippen LogP contribution >= 0.6 is 0 Å². The third-order valence-corrected chi connectivity index (χ3v) is 5.85. The highest BCUT2D eigenvalue weighted by Gasteiger charge is 2.28. The van der Waals surface area contributed by atoms with E-state index in [1.807, 2.05) is 6.07 Å². The minimum absolute atomic E-state index is 0.142. The molecule has 2 heterocycles. The summed E-state index contributed by atoms with van der Waals surface area (Å²) in [6.07, 6.45) is 1.28. The second-order valence-electron chi connectivity index (χ2n) is 8.24. The Balaban J connectivity index is 2.06. The van der Waals surface area contributed by atoms with Crippen molar-refractivity contribution in [1.82, 2.24) is 9.13 Å². The van der Waals surface area contributed by atoms with Crippen molar-refractivity contribution in [1.29, 1.82) is 0 Å². The van der Waals surface area contributed by atoms with Crippen LogP contribution in [0.15, 0.2) is 21.7 Å². The van der Waals surface area contributed by atoms with Crippen LogP contribution in [0.5, 0.6) is 0 Å². The number of nitrogens with one attached hydrogen (secondary N) is 1. The van der Waals surface area contributed by atoms with E-state index in [4.69, 9.17) is 4.74 Å². The number of piperidine rings is 1. The monoisotopic (exact) mass is 430 g/mol. The number of aryl methyl sites for hydroxylation is 2. The number of benzene rings is 1. The average molecular weight is 431 g/mol. The molecule has 3 rings (SSSR count). The van der Waals surface area contributed by atoms with Crippen LogP contribution in [0.2, 0.25) is 0 Å². The number of carbonyl (C=O) groups is 2.